The van der Waals surface area contributed by atoms with Gasteiger partial charge in [0, 0.05) is 23.0 Å². The molecule has 1 aromatic heterocycles. The van der Waals surface area contributed by atoms with E-state index in [0.29, 0.717) is 29.5 Å². The third-order valence-corrected chi connectivity index (χ3v) is 4.66. The summed E-state index contributed by atoms with van der Waals surface area (Å²) in [5.74, 6) is 1.56. The van der Waals surface area contributed by atoms with Gasteiger partial charge in [0.15, 0.2) is 0 Å². The smallest absolute Gasteiger partial charge is 0.125 e. The molecule has 1 heterocycles. The van der Waals surface area contributed by atoms with E-state index in [4.69, 9.17) is 16.3 Å². The number of ether oxygens (including phenoxy) is 1. The Bertz CT molecular complexity index is 667. The Labute approximate surface area is 155 Å². The third-order valence-electron chi connectivity index (χ3n) is 4.43. The quantitative estimate of drug-likeness (QED) is 0.596. The van der Waals surface area contributed by atoms with Crippen molar-refractivity contribution in [3.63, 3.8) is 0 Å². The Hall–Kier alpha value is -1.52. The average Bonchev–Trinajstić information content (AvgIpc) is 2.96. The Morgan fingerprint density at radius 1 is 1.24 bits per heavy atom. The highest BCUT2D eigenvalue weighted by atomic mass is 35.5. The van der Waals surface area contributed by atoms with Crippen LogP contribution in [-0.4, -0.2) is 21.3 Å². The molecule has 0 saturated heterocycles. The van der Waals surface area contributed by atoms with Crippen LogP contribution in [0, 0.1) is 6.92 Å². The highest BCUT2D eigenvalue weighted by molar-refractivity contribution is 6.30. The third kappa shape index (κ3) is 5.75. The molecule has 0 aliphatic rings. The number of nitrogens with zero attached hydrogens (tertiary/aromatic N) is 2. The summed E-state index contributed by atoms with van der Waals surface area (Å²) in [6, 6.07) is 5.44. The first kappa shape index (κ1) is 19.8. The Morgan fingerprint density at radius 3 is 2.68 bits per heavy atom. The van der Waals surface area contributed by atoms with E-state index < -0.39 is 5.60 Å². The SMILES string of the molecule is CCCCCCCOc1ccc(Cl)cc1C(C)(O)Cn1ccnc1C. The number of imidazole rings is 1. The van der Waals surface area contributed by atoms with Gasteiger partial charge >= 0.3 is 0 Å². The van der Waals surface area contributed by atoms with Gasteiger partial charge in [-0.15, -0.1) is 0 Å². The molecule has 25 heavy (non-hydrogen) atoms. The molecule has 1 aromatic carbocycles. The second-order valence-electron chi connectivity index (χ2n) is 6.78. The monoisotopic (exact) mass is 364 g/mol. The second kappa shape index (κ2) is 9.25. The molecule has 0 spiro atoms. The summed E-state index contributed by atoms with van der Waals surface area (Å²) < 4.78 is 7.89. The van der Waals surface area contributed by atoms with E-state index in [-0.39, 0.29) is 0 Å². The number of rotatable bonds is 10. The fraction of sp³-hybridized carbons (Fsp3) is 0.550. The van der Waals surface area contributed by atoms with Crippen LogP contribution >= 0.6 is 11.6 Å². The van der Waals surface area contributed by atoms with E-state index >= 15 is 0 Å². The van der Waals surface area contributed by atoms with Crippen molar-refractivity contribution in [2.45, 2.75) is 65.0 Å². The summed E-state index contributed by atoms with van der Waals surface area (Å²) in [6.45, 7) is 6.96. The Kier molecular flexibility index (Phi) is 7.33. The van der Waals surface area contributed by atoms with Crippen LogP contribution in [0.3, 0.4) is 0 Å². The molecule has 1 N–H and O–H groups in total. The lowest BCUT2D eigenvalue weighted by Crippen LogP contribution is -2.28. The van der Waals surface area contributed by atoms with Gasteiger partial charge in [-0.05, 0) is 38.5 Å². The number of hydrogen-bond donors (Lipinski definition) is 1. The van der Waals surface area contributed by atoms with E-state index in [1.807, 2.05) is 23.8 Å². The molecule has 0 fully saturated rings. The van der Waals surface area contributed by atoms with Gasteiger partial charge in [0.2, 0.25) is 0 Å². The number of halogens is 1. The molecular weight excluding hydrogens is 336 g/mol. The zero-order valence-electron chi connectivity index (χ0n) is 15.5. The molecule has 138 valence electrons. The van der Waals surface area contributed by atoms with E-state index in [0.717, 1.165) is 12.2 Å². The van der Waals surface area contributed by atoms with Crippen LogP contribution in [0.1, 0.15) is 57.3 Å². The fourth-order valence-electron chi connectivity index (χ4n) is 2.92. The lowest BCUT2D eigenvalue weighted by molar-refractivity contribution is 0.0346. The average molecular weight is 365 g/mol. The Morgan fingerprint density at radius 2 is 2.00 bits per heavy atom. The number of benzene rings is 1. The first-order chi connectivity index (χ1) is 11.9. The zero-order valence-corrected chi connectivity index (χ0v) is 16.2. The number of aromatic nitrogens is 2. The van der Waals surface area contributed by atoms with E-state index in [9.17, 15) is 5.11 Å². The predicted molar refractivity (Wildman–Crippen MR) is 102 cm³/mol. The summed E-state index contributed by atoms with van der Waals surface area (Å²) in [5.41, 5.74) is -0.393. The molecular formula is C20H29ClN2O2. The minimum Gasteiger partial charge on any atom is -0.493 e. The van der Waals surface area contributed by atoms with Gasteiger partial charge in [-0.2, -0.15) is 0 Å². The molecule has 0 aliphatic heterocycles. The van der Waals surface area contributed by atoms with Crippen LogP contribution in [0.4, 0.5) is 0 Å². The molecule has 1 atom stereocenters. The fourth-order valence-corrected chi connectivity index (χ4v) is 3.10. The predicted octanol–water partition coefficient (Wildman–Crippen LogP) is 5.10. The van der Waals surface area contributed by atoms with Gasteiger partial charge in [0.25, 0.3) is 0 Å². The standard InChI is InChI=1S/C20H29ClN2O2/c1-4-5-6-7-8-13-25-19-10-9-17(21)14-18(19)20(3,24)15-23-12-11-22-16(23)2/h9-12,14,24H,4-8,13,15H2,1-3H3. The van der Waals surface area contributed by atoms with Crippen molar-refractivity contribution in [2.75, 3.05) is 6.61 Å². The van der Waals surface area contributed by atoms with Crippen LogP contribution in [0.2, 0.25) is 5.02 Å². The lowest BCUT2D eigenvalue weighted by Gasteiger charge is -2.27. The molecule has 0 aliphatic carbocycles. The summed E-state index contributed by atoms with van der Waals surface area (Å²) in [5, 5.41) is 11.7. The van der Waals surface area contributed by atoms with Crippen molar-refractivity contribution in [3.8, 4) is 5.75 Å². The largest absolute Gasteiger partial charge is 0.493 e. The summed E-state index contributed by atoms with van der Waals surface area (Å²) >= 11 is 6.17. The van der Waals surface area contributed by atoms with Crippen LogP contribution in [0.25, 0.3) is 0 Å². The van der Waals surface area contributed by atoms with Crippen molar-refractivity contribution in [2.24, 2.45) is 0 Å². The molecule has 0 amide bonds. The van der Waals surface area contributed by atoms with Gasteiger partial charge in [-0.1, -0.05) is 44.2 Å². The zero-order chi connectivity index (χ0) is 18.3. The maximum Gasteiger partial charge on any atom is 0.125 e. The molecule has 0 bridgehead atoms. The van der Waals surface area contributed by atoms with Gasteiger partial charge in [-0.3, -0.25) is 0 Å². The molecule has 2 rings (SSSR count). The second-order valence-corrected chi connectivity index (χ2v) is 7.22. The maximum absolute atomic E-state index is 11.1. The van der Waals surface area contributed by atoms with Crippen molar-refractivity contribution in [1.82, 2.24) is 9.55 Å². The van der Waals surface area contributed by atoms with Crippen molar-refractivity contribution >= 4 is 11.6 Å². The van der Waals surface area contributed by atoms with Crippen molar-refractivity contribution in [1.29, 1.82) is 0 Å². The molecule has 1 unspecified atom stereocenters. The topological polar surface area (TPSA) is 47.3 Å². The molecule has 4 nitrogen and oxygen atoms in total. The van der Waals surface area contributed by atoms with E-state index in [2.05, 4.69) is 11.9 Å². The van der Waals surface area contributed by atoms with E-state index in [1.165, 1.54) is 25.7 Å². The van der Waals surface area contributed by atoms with Gasteiger partial charge < -0.3 is 14.4 Å². The molecule has 5 heteroatoms. The summed E-state index contributed by atoms with van der Waals surface area (Å²) in [4.78, 5) is 4.21. The van der Waals surface area contributed by atoms with Crippen LogP contribution in [0.5, 0.6) is 5.75 Å². The highest BCUT2D eigenvalue weighted by Crippen LogP contribution is 2.34. The maximum atomic E-state index is 11.1. The normalized spacial score (nSPS) is 13.6. The first-order valence-corrected chi connectivity index (χ1v) is 9.45. The first-order valence-electron chi connectivity index (χ1n) is 9.07. The van der Waals surface area contributed by atoms with Crippen molar-refractivity contribution in [3.05, 3.63) is 47.0 Å². The minimum absolute atomic E-state index is 0.395. The number of unbranched alkanes of at least 4 members (excludes halogenated alkanes) is 4. The van der Waals surface area contributed by atoms with Gasteiger partial charge in [0.05, 0.1) is 13.2 Å². The molecule has 0 radical (unpaired) electrons. The number of hydrogen-bond acceptors (Lipinski definition) is 3. The van der Waals surface area contributed by atoms with Gasteiger partial charge in [-0.25, -0.2) is 4.98 Å². The van der Waals surface area contributed by atoms with Crippen LogP contribution in [0.15, 0.2) is 30.6 Å². The van der Waals surface area contributed by atoms with Crippen LogP contribution < -0.4 is 4.74 Å². The van der Waals surface area contributed by atoms with Gasteiger partial charge in [0.1, 0.15) is 17.2 Å². The molecule has 0 saturated carbocycles. The Balaban J connectivity index is 2.07. The number of aryl methyl sites for hydroxylation is 1. The van der Waals surface area contributed by atoms with E-state index in [1.54, 1.807) is 25.3 Å². The minimum atomic E-state index is -1.10. The lowest BCUT2D eigenvalue weighted by atomic mass is 9.94. The highest BCUT2D eigenvalue weighted by Gasteiger charge is 2.28. The number of aliphatic hydroxyl groups is 1. The molecule has 2 aromatic rings. The summed E-state index contributed by atoms with van der Waals surface area (Å²) in [6.07, 6.45) is 9.53. The van der Waals surface area contributed by atoms with Crippen LogP contribution in [-0.2, 0) is 12.1 Å². The van der Waals surface area contributed by atoms with Crippen molar-refractivity contribution < 1.29 is 9.84 Å². The summed E-state index contributed by atoms with van der Waals surface area (Å²) in [7, 11) is 0.